The van der Waals surface area contributed by atoms with Gasteiger partial charge < -0.3 is 15.6 Å². The third kappa shape index (κ3) is 3.82. The molecule has 5 aromatic rings. The zero-order valence-corrected chi connectivity index (χ0v) is 19.3. The van der Waals surface area contributed by atoms with Crippen LogP contribution in [0.3, 0.4) is 0 Å². The zero-order chi connectivity index (χ0) is 22.2. The van der Waals surface area contributed by atoms with Crippen LogP contribution in [0.1, 0.15) is 0 Å². The lowest BCUT2D eigenvalue weighted by Crippen LogP contribution is -2.09. The summed E-state index contributed by atoms with van der Waals surface area (Å²) in [5.41, 5.74) is 12.1. The van der Waals surface area contributed by atoms with Crippen molar-refractivity contribution in [3.63, 3.8) is 0 Å². The first kappa shape index (κ1) is 21.2. The van der Waals surface area contributed by atoms with Crippen molar-refractivity contribution in [2.45, 2.75) is 6.54 Å². The van der Waals surface area contributed by atoms with E-state index in [-0.39, 0.29) is 0 Å². The van der Waals surface area contributed by atoms with Gasteiger partial charge in [0.15, 0.2) is 0 Å². The predicted molar refractivity (Wildman–Crippen MR) is 139 cm³/mol. The van der Waals surface area contributed by atoms with Gasteiger partial charge in [-0.1, -0.05) is 59.1 Å². The molecule has 32 heavy (non-hydrogen) atoms. The molecule has 4 aromatic carbocycles. The molecule has 5 rings (SSSR count). The maximum atomic E-state index is 6.37. The molecule has 0 radical (unpaired) electrons. The predicted octanol–water partition coefficient (Wildman–Crippen LogP) is 8.12. The number of nitrogens with one attached hydrogen (secondary N) is 1. The van der Waals surface area contributed by atoms with E-state index in [1.54, 1.807) is 0 Å². The van der Waals surface area contributed by atoms with Gasteiger partial charge in [-0.25, -0.2) is 0 Å². The molecular weight excluding hydrogens is 461 g/mol. The highest BCUT2D eigenvalue weighted by molar-refractivity contribution is 6.42. The number of anilines is 2. The van der Waals surface area contributed by atoms with Crippen molar-refractivity contribution < 1.29 is 0 Å². The molecule has 0 unspecified atom stereocenters. The fourth-order valence-corrected chi connectivity index (χ4v) is 4.64. The van der Waals surface area contributed by atoms with Gasteiger partial charge in [-0.2, -0.15) is 0 Å². The molecular formula is C26H20Cl3N3. The summed E-state index contributed by atoms with van der Waals surface area (Å²) in [7, 11) is 0. The van der Waals surface area contributed by atoms with Gasteiger partial charge in [0.1, 0.15) is 0 Å². The number of aromatic nitrogens is 1. The topological polar surface area (TPSA) is 43.0 Å². The molecule has 1 heterocycles. The van der Waals surface area contributed by atoms with Crippen LogP contribution in [-0.2, 0) is 6.54 Å². The Labute approximate surface area is 201 Å². The van der Waals surface area contributed by atoms with Crippen LogP contribution in [0.5, 0.6) is 0 Å². The van der Waals surface area contributed by atoms with E-state index in [0.29, 0.717) is 28.2 Å². The second kappa shape index (κ2) is 8.68. The molecule has 0 spiro atoms. The van der Waals surface area contributed by atoms with Gasteiger partial charge >= 0.3 is 0 Å². The first-order valence-corrected chi connectivity index (χ1v) is 11.4. The molecule has 0 saturated heterocycles. The van der Waals surface area contributed by atoms with Crippen molar-refractivity contribution in [3.8, 4) is 11.1 Å². The Bertz CT molecular complexity index is 1440. The Morgan fingerprint density at radius 3 is 2.28 bits per heavy atom. The molecule has 6 heteroatoms. The lowest BCUT2D eigenvalue weighted by molar-refractivity contribution is 0.758. The van der Waals surface area contributed by atoms with Crippen LogP contribution in [0.15, 0.2) is 78.9 Å². The number of benzene rings is 4. The number of hydrogen-bond donors (Lipinski definition) is 2. The summed E-state index contributed by atoms with van der Waals surface area (Å²) < 4.78 is 2.25. The molecule has 1 aromatic heterocycles. The summed E-state index contributed by atoms with van der Waals surface area (Å²) >= 11 is 18.9. The highest BCUT2D eigenvalue weighted by Gasteiger charge is 2.16. The second-order valence-corrected chi connectivity index (χ2v) is 8.89. The van der Waals surface area contributed by atoms with Gasteiger partial charge in [0.2, 0.25) is 0 Å². The molecule has 160 valence electrons. The average molecular weight is 481 g/mol. The van der Waals surface area contributed by atoms with Gasteiger partial charge in [-0.3, -0.25) is 0 Å². The second-order valence-electron chi connectivity index (χ2n) is 7.64. The lowest BCUT2D eigenvalue weighted by atomic mass is 10.00. The number of para-hydroxylation sites is 1. The largest absolute Gasteiger partial charge is 0.355 e. The van der Waals surface area contributed by atoms with Gasteiger partial charge in [-0.05, 0) is 60.2 Å². The maximum absolute atomic E-state index is 6.37. The minimum atomic E-state index is 0.517. The Hall–Kier alpha value is -2.69. The normalized spacial score (nSPS) is 11.4. The molecule has 0 amide bonds. The number of hydrogen-bond acceptors (Lipinski definition) is 2. The van der Waals surface area contributed by atoms with Crippen LogP contribution >= 0.6 is 34.8 Å². The minimum absolute atomic E-state index is 0.517. The van der Waals surface area contributed by atoms with Crippen molar-refractivity contribution in [1.82, 2.24) is 4.57 Å². The smallest absolute Gasteiger partial charge is 0.0598 e. The maximum Gasteiger partial charge on any atom is 0.0598 e. The van der Waals surface area contributed by atoms with Crippen LogP contribution in [0.4, 0.5) is 11.4 Å². The fraction of sp³-hybridized carbons (Fsp3) is 0.0769. The Balaban J connectivity index is 1.82. The molecule has 0 aliphatic carbocycles. The molecule has 0 saturated carbocycles. The summed E-state index contributed by atoms with van der Waals surface area (Å²) in [6.07, 6.45) is 0. The van der Waals surface area contributed by atoms with E-state index >= 15 is 0 Å². The van der Waals surface area contributed by atoms with Crippen LogP contribution in [-0.4, -0.2) is 11.1 Å². The summed E-state index contributed by atoms with van der Waals surface area (Å²) in [5.74, 6) is 0. The molecule has 3 N–H and O–H groups in total. The highest BCUT2D eigenvalue weighted by Crippen LogP contribution is 2.40. The summed E-state index contributed by atoms with van der Waals surface area (Å²) in [4.78, 5) is 0. The molecule has 0 bridgehead atoms. The first-order valence-electron chi connectivity index (χ1n) is 10.3. The van der Waals surface area contributed by atoms with Crippen LogP contribution < -0.4 is 11.1 Å². The van der Waals surface area contributed by atoms with Gasteiger partial charge in [0.25, 0.3) is 0 Å². The summed E-state index contributed by atoms with van der Waals surface area (Å²) in [6.45, 7) is 1.25. The number of nitrogens with two attached hydrogens (primary N) is 1. The summed E-state index contributed by atoms with van der Waals surface area (Å²) in [6, 6.07) is 26.1. The van der Waals surface area contributed by atoms with E-state index < -0.39 is 0 Å². The third-order valence-corrected chi connectivity index (χ3v) is 6.58. The van der Waals surface area contributed by atoms with Crippen molar-refractivity contribution in [2.75, 3.05) is 11.9 Å². The minimum Gasteiger partial charge on any atom is -0.355 e. The fourth-order valence-electron chi connectivity index (χ4n) is 4.17. The highest BCUT2D eigenvalue weighted by atomic mass is 35.5. The Kier molecular flexibility index (Phi) is 5.75. The van der Waals surface area contributed by atoms with E-state index in [1.165, 1.54) is 0 Å². The van der Waals surface area contributed by atoms with Crippen molar-refractivity contribution in [3.05, 3.63) is 93.9 Å². The van der Waals surface area contributed by atoms with Crippen molar-refractivity contribution >= 4 is 68.0 Å². The molecule has 3 nitrogen and oxygen atoms in total. The van der Waals surface area contributed by atoms with Gasteiger partial charge in [0, 0.05) is 51.3 Å². The van der Waals surface area contributed by atoms with Crippen LogP contribution in [0.2, 0.25) is 15.1 Å². The standard InChI is InChI=1S/C26H20Cl3N3/c27-17-7-9-25-20(13-17)21-14-19(16-6-8-22(28)23(29)12-16)24(15-26(21)32(25)11-10-30)31-18-4-2-1-3-5-18/h1-9,12-15,31H,10-11,30H2. The zero-order valence-electron chi connectivity index (χ0n) is 17.1. The van der Waals surface area contributed by atoms with Crippen LogP contribution in [0.25, 0.3) is 32.9 Å². The van der Waals surface area contributed by atoms with E-state index in [9.17, 15) is 0 Å². The van der Waals surface area contributed by atoms with Gasteiger partial charge in [-0.15, -0.1) is 0 Å². The van der Waals surface area contributed by atoms with Gasteiger partial charge in [0.05, 0.1) is 15.6 Å². The SMILES string of the molecule is NCCn1c2ccc(Cl)cc2c2cc(-c3ccc(Cl)c(Cl)c3)c(Nc3ccccc3)cc21. The monoisotopic (exact) mass is 479 g/mol. The molecule has 0 atom stereocenters. The van der Waals surface area contributed by atoms with E-state index in [0.717, 1.165) is 44.3 Å². The lowest BCUT2D eigenvalue weighted by Gasteiger charge is -2.15. The van der Waals surface area contributed by atoms with Crippen LogP contribution in [0, 0.1) is 0 Å². The third-order valence-electron chi connectivity index (χ3n) is 5.60. The van der Waals surface area contributed by atoms with E-state index in [2.05, 4.69) is 28.1 Å². The Morgan fingerprint density at radius 1 is 0.750 bits per heavy atom. The Morgan fingerprint density at radius 2 is 1.53 bits per heavy atom. The number of fused-ring (bicyclic) bond motifs is 3. The number of halogens is 3. The van der Waals surface area contributed by atoms with E-state index in [4.69, 9.17) is 40.5 Å². The van der Waals surface area contributed by atoms with Crippen molar-refractivity contribution in [1.29, 1.82) is 0 Å². The van der Waals surface area contributed by atoms with Crippen molar-refractivity contribution in [2.24, 2.45) is 5.73 Å². The molecule has 0 aliphatic rings. The molecule has 0 fully saturated rings. The average Bonchev–Trinajstić information content (AvgIpc) is 3.08. The molecule has 0 aliphatic heterocycles. The first-order chi connectivity index (χ1) is 15.5. The number of rotatable bonds is 5. The number of nitrogens with zero attached hydrogens (tertiary/aromatic N) is 1. The summed E-state index contributed by atoms with van der Waals surface area (Å²) in [5, 5.41) is 7.52. The van der Waals surface area contributed by atoms with E-state index in [1.807, 2.05) is 60.7 Å². The quantitative estimate of drug-likeness (QED) is 0.267.